The van der Waals surface area contributed by atoms with Crippen molar-refractivity contribution in [3.05, 3.63) is 29.3 Å². The van der Waals surface area contributed by atoms with Crippen LogP contribution in [0.5, 0.6) is 5.75 Å². The van der Waals surface area contributed by atoms with Crippen LogP contribution in [0.15, 0.2) is 18.2 Å². The normalized spacial score (nSPS) is 10.3. The molecule has 1 aromatic rings. The molecule has 0 amide bonds. The second-order valence-electron chi connectivity index (χ2n) is 4.14. The number of methoxy groups -OCH3 is 1. The zero-order valence-electron chi connectivity index (χ0n) is 10.9. The first-order chi connectivity index (χ1) is 8.19. The van der Waals surface area contributed by atoms with Crippen LogP contribution in [-0.4, -0.2) is 26.0 Å². The van der Waals surface area contributed by atoms with Crippen LogP contribution in [0.2, 0.25) is 0 Å². The van der Waals surface area contributed by atoms with Gasteiger partial charge in [0.2, 0.25) is 0 Å². The van der Waals surface area contributed by atoms with Crippen LogP contribution in [0, 0.1) is 6.92 Å². The highest BCUT2D eigenvalue weighted by molar-refractivity contribution is 5.97. The van der Waals surface area contributed by atoms with Crippen molar-refractivity contribution in [1.29, 1.82) is 0 Å². The lowest BCUT2D eigenvalue weighted by atomic mass is 10.1. The maximum Gasteiger partial charge on any atom is 0.176 e. The molecule has 94 valence electrons. The Morgan fingerprint density at radius 2 is 2.18 bits per heavy atom. The topological polar surface area (TPSA) is 38.3 Å². The summed E-state index contributed by atoms with van der Waals surface area (Å²) in [5.41, 5.74) is 1.74. The Labute approximate surface area is 103 Å². The van der Waals surface area contributed by atoms with Gasteiger partial charge in [-0.2, -0.15) is 0 Å². The molecule has 1 N–H and O–H groups in total. The van der Waals surface area contributed by atoms with Crippen LogP contribution >= 0.6 is 0 Å². The van der Waals surface area contributed by atoms with E-state index in [-0.39, 0.29) is 5.78 Å². The fourth-order valence-electron chi connectivity index (χ4n) is 1.66. The van der Waals surface area contributed by atoms with Crippen molar-refractivity contribution in [3.63, 3.8) is 0 Å². The number of benzene rings is 1. The highest BCUT2D eigenvalue weighted by Crippen LogP contribution is 2.18. The first-order valence-corrected chi connectivity index (χ1v) is 6.07. The largest absolute Gasteiger partial charge is 0.496 e. The van der Waals surface area contributed by atoms with Gasteiger partial charge in [-0.15, -0.1) is 0 Å². The van der Waals surface area contributed by atoms with E-state index in [9.17, 15) is 4.79 Å². The molecular formula is C14H21NO2. The minimum atomic E-state index is 0.131. The van der Waals surface area contributed by atoms with E-state index in [1.165, 1.54) is 0 Å². The van der Waals surface area contributed by atoms with Crippen LogP contribution < -0.4 is 10.1 Å². The molecule has 0 aliphatic heterocycles. The molecule has 0 aliphatic rings. The van der Waals surface area contributed by atoms with Crippen LogP contribution in [0.3, 0.4) is 0 Å². The third kappa shape index (κ3) is 4.19. The number of rotatable bonds is 7. The summed E-state index contributed by atoms with van der Waals surface area (Å²) in [6, 6.07) is 5.53. The maximum absolute atomic E-state index is 11.9. The fourth-order valence-corrected chi connectivity index (χ4v) is 1.66. The molecule has 0 fully saturated rings. The van der Waals surface area contributed by atoms with Gasteiger partial charge in [0.25, 0.3) is 0 Å². The number of Topliss-reactive ketones (excluding diaryl/α,β-unsaturated/α-hetero) is 1. The number of ketones is 1. The standard InChI is InChI=1S/C14H21NO2/c1-4-5-8-15-10-13(16)12-6-7-14(17-3)11(2)9-12/h6-7,9,15H,4-5,8,10H2,1-3H3. The van der Waals surface area contributed by atoms with Gasteiger partial charge in [0, 0.05) is 5.56 Å². The van der Waals surface area contributed by atoms with Crippen molar-refractivity contribution < 1.29 is 9.53 Å². The second kappa shape index (κ2) is 7.07. The van der Waals surface area contributed by atoms with E-state index in [4.69, 9.17) is 4.74 Å². The van der Waals surface area contributed by atoms with Crippen molar-refractivity contribution >= 4 is 5.78 Å². The number of carbonyl (C=O) groups excluding carboxylic acids is 1. The highest BCUT2D eigenvalue weighted by Gasteiger charge is 2.07. The van der Waals surface area contributed by atoms with E-state index < -0.39 is 0 Å². The van der Waals surface area contributed by atoms with Crippen molar-refractivity contribution in [2.45, 2.75) is 26.7 Å². The fraction of sp³-hybridized carbons (Fsp3) is 0.500. The van der Waals surface area contributed by atoms with Crippen molar-refractivity contribution in [3.8, 4) is 5.75 Å². The number of aryl methyl sites for hydroxylation is 1. The average Bonchev–Trinajstić information content (AvgIpc) is 2.34. The predicted molar refractivity (Wildman–Crippen MR) is 69.8 cm³/mol. The summed E-state index contributed by atoms with van der Waals surface area (Å²) in [5.74, 6) is 0.951. The summed E-state index contributed by atoms with van der Waals surface area (Å²) in [6.07, 6.45) is 2.25. The van der Waals surface area contributed by atoms with E-state index in [0.717, 1.165) is 36.3 Å². The Balaban J connectivity index is 2.54. The minimum absolute atomic E-state index is 0.131. The summed E-state index contributed by atoms with van der Waals surface area (Å²) in [7, 11) is 1.64. The van der Waals surface area contributed by atoms with Gasteiger partial charge in [0.05, 0.1) is 13.7 Å². The Morgan fingerprint density at radius 3 is 2.76 bits per heavy atom. The lowest BCUT2D eigenvalue weighted by molar-refractivity contribution is 0.0991. The van der Waals surface area contributed by atoms with E-state index in [0.29, 0.717) is 6.54 Å². The molecule has 0 heterocycles. The molecule has 0 saturated heterocycles. The van der Waals surface area contributed by atoms with Gasteiger partial charge in [-0.25, -0.2) is 0 Å². The average molecular weight is 235 g/mol. The van der Waals surface area contributed by atoms with Crippen molar-refractivity contribution in [2.75, 3.05) is 20.2 Å². The molecule has 0 spiro atoms. The first kappa shape index (κ1) is 13.7. The van der Waals surface area contributed by atoms with Crippen LogP contribution in [0.4, 0.5) is 0 Å². The lowest BCUT2D eigenvalue weighted by Crippen LogP contribution is -2.24. The Hall–Kier alpha value is -1.35. The van der Waals surface area contributed by atoms with Crippen LogP contribution in [-0.2, 0) is 0 Å². The predicted octanol–water partition coefficient (Wildman–Crippen LogP) is 2.58. The Bertz CT molecular complexity index is 374. The SMILES string of the molecule is CCCCNCC(=O)c1ccc(OC)c(C)c1. The third-order valence-electron chi connectivity index (χ3n) is 2.71. The number of unbranched alkanes of at least 4 members (excludes halogenated alkanes) is 1. The summed E-state index contributed by atoms with van der Waals surface area (Å²) < 4.78 is 5.17. The molecular weight excluding hydrogens is 214 g/mol. The van der Waals surface area contributed by atoms with E-state index in [2.05, 4.69) is 12.2 Å². The smallest absolute Gasteiger partial charge is 0.176 e. The number of hydrogen-bond donors (Lipinski definition) is 1. The highest BCUT2D eigenvalue weighted by atomic mass is 16.5. The maximum atomic E-state index is 11.9. The van der Waals surface area contributed by atoms with Gasteiger partial charge in [0.1, 0.15) is 5.75 Å². The Morgan fingerprint density at radius 1 is 1.41 bits per heavy atom. The molecule has 0 aliphatic carbocycles. The number of carbonyl (C=O) groups is 1. The molecule has 0 aromatic heterocycles. The molecule has 17 heavy (non-hydrogen) atoms. The van der Waals surface area contributed by atoms with Crippen molar-refractivity contribution in [1.82, 2.24) is 5.32 Å². The molecule has 0 bridgehead atoms. The van der Waals surface area contributed by atoms with Gasteiger partial charge in [-0.05, 0) is 43.7 Å². The molecule has 1 aromatic carbocycles. The molecule has 0 atom stereocenters. The van der Waals surface area contributed by atoms with Gasteiger partial charge < -0.3 is 10.1 Å². The molecule has 3 nitrogen and oxygen atoms in total. The zero-order chi connectivity index (χ0) is 12.7. The molecule has 3 heteroatoms. The number of hydrogen-bond acceptors (Lipinski definition) is 3. The van der Waals surface area contributed by atoms with Gasteiger partial charge in [0.15, 0.2) is 5.78 Å². The van der Waals surface area contributed by atoms with Crippen molar-refractivity contribution in [2.24, 2.45) is 0 Å². The molecule has 0 saturated carbocycles. The minimum Gasteiger partial charge on any atom is -0.496 e. The summed E-state index contributed by atoms with van der Waals surface area (Å²) in [5, 5.41) is 3.15. The zero-order valence-corrected chi connectivity index (χ0v) is 10.9. The lowest BCUT2D eigenvalue weighted by Gasteiger charge is -2.07. The summed E-state index contributed by atoms with van der Waals surface area (Å²) in [4.78, 5) is 11.9. The van der Waals surface area contributed by atoms with E-state index in [1.54, 1.807) is 7.11 Å². The number of ether oxygens (including phenoxy) is 1. The molecule has 1 rings (SSSR count). The monoisotopic (exact) mass is 235 g/mol. The Kier molecular flexibility index (Phi) is 5.70. The molecule has 0 radical (unpaired) electrons. The summed E-state index contributed by atoms with van der Waals surface area (Å²) >= 11 is 0. The molecule has 0 unspecified atom stereocenters. The van der Waals surface area contributed by atoms with Crippen LogP contribution in [0.1, 0.15) is 35.7 Å². The van der Waals surface area contributed by atoms with Gasteiger partial charge >= 0.3 is 0 Å². The van der Waals surface area contributed by atoms with E-state index >= 15 is 0 Å². The quantitative estimate of drug-likeness (QED) is 0.583. The second-order valence-corrected chi connectivity index (χ2v) is 4.14. The van der Waals surface area contributed by atoms with Crippen LogP contribution in [0.25, 0.3) is 0 Å². The van der Waals surface area contributed by atoms with E-state index in [1.807, 2.05) is 25.1 Å². The third-order valence-corrected chi connectivity index (χ3v) is 2.71. The van der Waals surface area contributed by atoms with Gasteiger partial charge in [-0.3, -0.25) is 4.79 Å². The number of nitrogens with one attached hydrogen (secondary N) is 1. The van der Waals surface area contributed by atoms with Gasteiger partial charge in [-0.1, -0.05) is 13.3 Å². The summed E-state index contributed by atoms with van der Waals surface area (Å²) in [6.45, 7) is 5.39. The first-order valence-electron chi connectivity index (χ1n) is 6.07.